The lowest BCUT2D eigenvalue weighted by molar-refractivity contribution is -0.0891. The Balaban J connectivity index is 1.49. The van der Waals surface area contributed by atoms with E-state index in [0.29, 0.717) is 29.8 Å². The van der Waals surface area contributed by atoms with Crippen LogP contribution in [0.3, 0.4) is 0 Å². The molecule has 0 bridgehead atoms. The summed E-state index contributed by atoms with van der Waals surface area (Å²) in [5.41, 5.74) is 0.438. The van der Waals surface area contributed by atoms with E-state index in [0.717, 1.165) is 0 Å². The molecule has 1 saturated heterocycles. The van der Waals surface area contributed by atoms with Crippen LogP contribution in [0.4, 0.5) is 0 Å². The zero-order chi connectivity index (χ0) is 21.6. The Hall–Kier alpha value is -2.04. The normalized spacial score (nSPS) is 21.9. The van der Waals surface area contributed by atoms with Crippen molar-refractivity contribution in [2.24, 2.45) is 0 Å². The van der Waals surface area contributed by atoms with Crippen LogP contribution in [0.5, 0.6) is 0 Å². The first-order valence-electron chi connectivity index (χ1n) is 9.61. The van der Waals surface area contributed by atoms with Crippen LogP contribution in [0.15, 0.2) is 53.7 Å². The molecule has 1 aromatic heterocycles. The number of nitrogens with zero attached hydrogens (tertiary/aromatic N) is 1. The number of hydrogen-bond donors (Lipinski definition) is 3. The Morgan fingerprint density at radius 1 is 1.23 bits per heavy atom. The number of hydrogen-bond acceptors (Lipinski definition) is 6. The number of ether oxygens (including phenoxy) is 1. The minimum absolute atomic E-state index is 0.142. The van der Waals surface area contributed by atoms with Gasteiger partial charge in [-0.15, -0.1) is 0 Å². The number of carbonyl (C=O) groups is 1. The molecule has 0 radical (unpaired) electrons. The van der Waals surface area contributed by atoms with Gasteiger partial charge < -0.3 is 15.2 Å². The summed E-state index contributed by atoms with van der Waals surface area (Å²) >= 11 is 5.79. The first-order chi connectivity index (χ1) is 14.4. The van der Waals surface area contributed by atoms with Crippen LogP contribution >= 0.6 is 11.6 Å². The average molecular weight is 454 g/mol. The summed E-state index contributed by atoms with van der Waals surface area (Å²) in [7, 11) is -3.63. The van der Waals surface area contributed by atoms with Gasteiger partial charge in [-0.05, 0) is 55.7 Å². The van der Waals surface area contributed by atoms with Crippen molar-refractivity contribution in [2.45, 2.75) is 42.4 Å². The number of halogens is 1. The molecular formula is C20H24ClN3O5S. The maximum absolute atomic E-state index is 12.3. The molecule has 1 fully saturated rings. The predicted octanol–water partition coefficient (Wildman–Crippen LogP) is 1.74. The Labute approximate surface area is 180 Å². The van der Waals surface area contributed by atoms with Crippen molar-refractivity contribution >= 4 is 27.5 Å². The lowest BCUT2D eigenvalue weighted by Gasteiger charge is -2.36. The van der Waals surface area contributed by atoms with E-state index >= 15 is 0 Å². The number of benzene rings is 1. The molecule has 2 heterocycles. The van der Waals surface area contributed by atoms with E-state index in [4.69, 9.17) is 16.3 Å². The molecule has 0 spiro atoms. The molecule has 1 aliphatic rings. The van der Waals surface area contributed by atoms with Gasteiger partial charge in [0.05, 0.1) is 29.2 Å². The Morgan fingerprint density at radius 3 is 2.67 bits per heavy atom. The third-order valence-corrected chi connectivity index (χ3v) is 6.65. The fraction of sp³-hybridized carbons (Fsp3) is 0.400. The molecule has 162 valence electrons. The molecule has 3 atom stereocenters. The first kappa shape index (κ1) is 22.6. The standard InChI is InChI=1S/C20H24ClN3O5S/c21-15-3-6-17(7-4-15)30(27,28)23-11-9-16-5-8-18(19(13-25)29-16)24-20(26)14-2-1-10-22-12-14/h1-4,6-7,10,12,16,18-19,23,25H,5,8-9,11,13H2,(H,24,26)/t16-,18+,19+/m1/s1. The van der Waals surface area contributed by atoms with Gasteiger partial charge in [0.25, 0.3) is 5.91 Å². The molecule has 0 saturated carbocycles. The van der Waals surface area contributed by atoms with Gasteiger partial charge in [-0.3, -0.25) is 9.78 Å². The van der Waals surface area contributed by atoms with E-state index in [1.807, 2.05) is 0 Å². The van der Waals surface area contributed by atoms with Crippen LogP contribution in [0.2, 0.25) is 5.02 Å². The monoisotopic (exact) mass is 453 g/mol. The minimum Gasteiger partial charge on any atom is -0.394 e. The van der Waals surface area contributed by atoms with Crippen LogP contribution in [0.1, 0.15) is 29.6 Å². The number of carbonyl (C=O) groups excluding carboxylic acids is 1. The maximum atomic E-state index is 12.3. The lowest BCUT2D eigenvalue weighted by atomic mass is 9.97. The van der Waals surface area contributed by atoms with Gasteiger partial charge in [0.2, 0.25) is 10.0 Å². The van der Waals surface area contributed by atoms with Gasteiger partial charge in [0.1, 0.15) is 6.10 Å². The van der Waals surface area contributed by atoms with E-state index in [9.17, 15) is 18.3 Å². The van der Waals surface area contributed by atoms with Gasteiger partial charge >= 0.3 is 0 Å². The number of nitrogens with one attached hydrogen (secondary N) is 2. The highest BCUT2D eigenvalue weighted by molar-refractivity contribution is 7.89. The molecule has 3 N–H and O–H groups in total. The molecule has 10 heteroatoms. The topological polar surface area (TPSA) is 118 Å². The van der Waals surface area contributed by atoms with Gasteiger partial charge in [0, 0.05) is 24.0 Å². The third-order valence-electron chi connectivity index (χ3n) is 4.92. The summed E-state index contributed by atoms with van der Waals surface area (Å²) in [6.07, 6.45) is 3.99. The zero-order valence-corrected chi connectivity index (χ0v) is 17.8. The van der Waals surface area contributed by atoms with Crippen LogP contribution in [0, 0.1) is 0 Å². The summed E-state index contributed by atoms with van der Waals surface area (Å²) in [4.78, 5) is 16.4. The number of rotatable bonds is 8. The Kier molecular flexibility index (Phi) is 7.79. The highest BCUT2D eigenvalue weighted by Gasteiger charge is 2.32. The Morgan fingerprint density at radius 2 is 2.00 bits per heavy atom. The number of aliphatic hydroxyl groups excluding tert-OH is 1. The average Bonchev–Trinajstić information content (AvgIpc) is 2.75. The van der Waals surface area contributed by atoms with Crippen molar-refractivity contribution in [1.82, 2.24) is 15.0 Å². The van der Waals surface area contributed by atoms with Crippen LogP contribution in [0.25, 0.3) is 0 Å². The second-order valence-electron chi connectivity index (χ2n) is 7.02. The molecular weight excluding hydrogens is 430 g/mol. The third kappa shape index (κ3) is 5.99. The van der Waals surface area contributed by atoms with Crippen molar-refractivity contribution in [1.29, 1.82) is 0 Å². The number of aromatic nitrogens is 1. The quantitative estimate of drug-likeness (QED) is 0.560. The van der Waals surface area contributed by atoms with Crippen molar-refractivity contribution in [3.05, 3.63) is 59.4 Å². The van der Waals surface area contributed by atoms with Gasteiger partial charge in [-0.2, -0.15) is 0 Å². The highest BCUT2D eigenvalue weighted by Crippen LogP contribution is 2.22. The van der Waals surface area contributed by atoms with Crippen molar-refractivity contribution < 1.29 is 23.1 Å². The molecule has 1 aliphatic heterocycles. The van der Waals surface area contributed by atoms with E-state index in [-0.39, 0.29) is 36.1 Å². The number of aliphatic hydroxyl groups is 1. The van der Waals surface area contributed by atoms with Crippen molar-refractivity contribution in [3.8, 4) is 0 Å². The summed E-state index contributed by atoms with van der Waals surface area (Å²) in [5.74, 6) is -0.274. The first-order valence-corrected chi connectivity index (χ1v) is 11.5. The summed E-state index contributed by atoms with van der Waals surface area (Å²) in [6, 6.07) is 8.94. The van der Waals surface area contributed by atoms with E-state index < -0.39 is 16.1 Å². The van der Waals surface area contributed by atoms with Crippen molar-refractivity contribution in [2.75, 3.05) is 13.2 Å². The van der Waals surface area contributed by atoms with Crippen LogP contribution in [-0.4, -0.2) is 55.8 Å². The minimum atomic E-state index is -3.63. The molecule has 1 amide bonds. The summed E-state index contributed by atoms with van der Waals surface area (Å²) < 4.78 is 33.1. The van der Waals surface area contributed by atoms with Gasteiger partial charge in [-0.1, -0.05) is 11.6 Å². The van der Waals surface area contributed by atoms with Gasteiger partial charge in [-0.25, -0.2) is 13.1 Å². The number of pyridine rings is 1. The molecule has 0 aliphatic carbocycles. The SMILES string of the molecule is O=C(N[C@H]1CC[C@H](CCNS(=O)(=O)c2ccc(Cl)cc2)O[C@H]1CO)c1cccnc1. The Bertz CT molecular complexity index is 941. The molecule has 0 unspecified atom stereocenters. The van der Waals surface area contributed by atoms with E-state index in [1.165, 1.54) is 30.5 Å². The second-order valence-corrected chi connectivity index (χ2v) is 9.22. The van der Waals surface area contributed by atoms with Crippen LogP contribution < -0.4 is 10.0 Å². The summed E-state index contributed by atoms with van der Waals surface area (Å²) in [5, 5.41) is 13.0. The largest absolute Gasteiger partial charge is 0.394 e. The van der Waals surface area contributed by atoms with E-state index in [2.05, 4.69) is 15.0 Å². The molecule has 8 nitrogen and oxygen atoms in total. The lowest BCUT2D eigenvalue weighted by Crippen LogP contribution is -2.51. The molecule has 30 heavy (non-hydrogen) atoms. The smallest absolute Gasteiger partial charge is 0.253 e. The number of sulfonamides is 1. The second kappa shape index (κ2) is 10.3. The molecule has 3 rings (SSSR count). The van der Waals surface area contributed by atoms with Crippen molar-refractivity contribution in [3.63, 3.8) is 0 Å². The predicted molar refractivity (Wildman–Crippen MR) is 112 cm³/mol. The molecule has 2 aromatic rings. The zero-order valence-electron chi connectivity index (χ0n) is 16.2. The van der Waals surface area contributed by atoms with Crippen LogP contribution in [-0.2, 0) is 14.8 Å². The fourth-order valence-electron chi connectivity index (χ4n) is 3.31. The van der Waals surface area contributed by atoms with Gasteiger partial charge in [0.15, 0.2) is 0 Å². The molecule has 1 aromatic carbocycles. The number of amides is 1. The summed E-state index contributed by atoms with van der Waals surface area (Å²) in [6.45, 7) is -0.0501. The van der Waals surface area contributed by atoms with E-state index in [1.54, 1.807) is 18.3 Å². The highest BCUT2D eigenvalue weighted by atomic mass is 35.5. The fourth-order valence-corrected chi connectivity index (χ4v) is 4.48. The maximum Gasteiger partial charge on any atom is 0.253 e.